The minimum Gasteiger partial charge on any atom is -0.496 e. The molecule has 1 aromatic carbocycles. The summed E-state index contributed by atoms with van der Waals surface area (Å²) in [5.41, 5.74) is 13.4. The average molecular weight is 194 g/mol. The third-order valence-corrected chi connectivity index (χ3v) is 2.21. The summed E-state index contributed by atoms with van der Waals surface area (Å²) in [6, 6.07) is 6.12. The number of rotatable bonds is 5. The predicted octanol–water partition coefficient (Wildman–Crippen LogP) is 0.698. The summed E-state index contributed by atoms with van der Waals surface area (Å²) in [7, 11) is 1.69. The van der Waals surface area contributed by atoms with E-state index in [1.807, 2.05) is 18.2 Å². The van der Waals surface area contributed by atoms with E-state index in [1.165, 1.54) is 11.1 Å². The number of methoxy groups -OCH3 is 1. The Labute approximate surface area is 85.0 Å². The van der Waals surface area contributed by atoms with Crippen LogP contribution in [0.25, 0.3) is 0 Å². The first-order chi connectivity index (χ1) is 6.83. The topological polar surface area (TPSA) is 61.3 Å². The molecule has 0 unspecified atom stereocenters. The fourth-order valence-electron chi connectivity index (χ4n) is 1.60. The molecule has 0 aliphatic rings. The van der Waals surface area contributed by atoms with Crippen LogP contribution in [-0.2, 0) is 12.8 Å². The van der Waals surface area contributed by atoms with Crippen molar-refractivity contribution in [3.63, 3.8) is 0 Å². The van der Waals surface area contributed by atoms with Crippen molar-refractivity contribution in [2.24, 2.45) is 11.5 Å². The second kappa shape index (κ2) is 5.62. The molecule has 0 saturated heterocycles. The van der Waals surface area contributed by atoms with E-state index in [-0.39, 0.29) is 0 Å². The van der Waals surface area contributed by atoms with Gasteiger partial charge in [-0.25, -0.2) is 0 Å². The summed E-state index contributed by atoms with van der Waals surface area (Å²) < 4.78 is 5.37. The molecular formula is C11H18N2O. The zero-order valence-corrected chi connectivity index (χ0v) is 8.62. The van der Waals surface area contributed by atoms with Gasteiger partial charge in [-0.3, -0.25) is 0 Å². The van der Waals surface area contributed by atoms with Crippen LogP contribution in [0.15, 0.2) is 18.2 Å². The number of ether oxygens (including phenoxy) is 1. The standard InChI is InChI=1S/C11H18N2O/c1-14-11-9(5-7-12)3-2-4-10(11)6-8-13/h2-4H,5-8,12-13H2,1H3. The fourth-order valence-corrected chi connectivity index (χ4v) is 1.60. The molecular weight excluding hydrogens is 176 g/mol. The molecule has 0 aliphatic carbocycles. The summed E-state index contributed by atoms with van der Waals surface area (Å²) in [6.07, 6.45) is 1.70. The molecule has 0 atom stereocenters. The molecule has 78 valence electrons. The van der Waals surface area contributed by atoms with Gasteiger partial charge in [-0.2, -0.15) is 0 Å². The SMILES string of the molecule is COc1c(CCN)cccc1CCN. The van der Waals surface area contributed by atoms with Crippen LogP contribution in [0.5, 0.6) is 5.75 Å². The minimum atomic E-state index is 0.641. The van der Waals surface area contributed by atoms with Crippen LogP contribution in [0, 0.1) is 0 Å². The Balaban J connectivity index is 2.98. The van der Waals surface area contributed by atoms with Crippen molar-refractivity contribution in [1.29, 1.82) is 0 Å². The van der Waals surface area contributed by atoms with Crippen LogP contribution < -0.4 is 16.2 Å². The molecule has 3 nitrogen and oxygen atoms in total. The number of hydrogen-bond acceptors (Lipinski definition) is 3. The van der Waals surface area contributed by atoms with E-state index in [1.54, 1.807) is 7.11 Å². The van der Waals surface area contributed by atoms with Crippen molar-refractivity contribution >= 4 is 0 Å². The molecule has 0 radical (unpaired) electrons. The van der Waals surface area contributed by atoms with E-state index in [0.29, 0.717) is 13.1 Å². The van der Waals surface area contributed by atoms with Gasteiger partial charge >= 0.3 is 0 Å². The van der Waals surface area contributed by atoms with E-state index in [9.17, 15) is 0 Å². The summed E-state index contributed by atoms with van der Waals surface area (Å²) in [4.78, 5) is 0. The van der Waals surface area contributed by atoms with Gasteiger partial charge in [0.2, 0.25) is 0 Å². The number of para-hydroxylation sites is 1. The van der Waals surface area contributed by atoms with Gasteiger partial charge < -0.3 is 16.2 Å². The molecule has 14 heavy (non-hydrogen) atoms. The summed E-state index contributed by atoms with van der Waals surface area (Å²) >= 11 is 0. The highest BCUT2D eigenvalue weighted by Crippen LogP contribution is 2.24. The van der Waals surface area contributed by atoms with Crippen molar-refractivity contribution < 1.29 is 4.74 Å². The van der Waals surface area contributed by atoms with Crippen molar-refractivity contribution in [1.82, 2.24) is 0 Å². The van der Waals surface area contributed by atoms with Gasteiger partial charge in [-0.05, 0) is 37.1 Å². The Morgan fingerprint density at radius 1 is 1.07 bits per heavy atom. The van der Waals surface area contributed by atoms with Gasteiger partial charge in [0.1, 0.15) is 5.75 Å². The van der Waals surface area contributed by atoms with E-state index >= 15 is 0 Å². The first kappa shape index (κ1) is 11.0. The van der Waals surface area contributed by atoms with Crippen LogP contribution in [-0.4, -0.2) is 20.2 Å². The number of nitrogens with two attached hydrogens (primary N) is 2. The maximum absolute atomic E-state index is 5.53. The molecule has 0 spiro atoms. The maximum Gasteiger partial charge on any atom is 0.125 e. The monoisotopic (exact) mass is 194 g/mol. The molecule has 0 aliphatic heterocycles. The highest BCUT2D eigenvalue weighted by molar-refractivity contribution is 5.42. The van der Waals surface area contributed by atoms with Gasteiger partial charge in [0.25, 0.3) is 0 Å². The average Bonchev–Trinajstić information content (AvgIpc) is 2.19. The molecule has 0 aromatic heterocycles. The van der Waals surface area contributed by atoms with Crippen LogP contribution >= 0.6 is 0 Å². The van der Waals surface area contributed by atoms with E-state index in [4.69, 9.17) is 16.2 Å². The number of hydrogen-bond donors (Lipinski definition) is 2. The Bertz CT molecular complexity index is 262. The largest absolute Gasteiger partial charge is 0.496 e. The zero-order valence-electron chi connectivity index (χ0n) is 8.62. The van der Waals surface area contributed by atoms with Crippen LogP contribution in [0.4, 0.5) is 0 Å². The van der Waals surface area contributed by atoms with Gasteiger partial charge in [-0.1, -0.05) is 18.2 Å². The highest BCUT2D eigenvalue weighted by atomic mass is 16.5. The quantitative estimate of drug-likeness (QED) is 0.725. The lowest BCUT2D eigenvalue weighted by Crippen LogP contribution is -2.08. The molecule has 4 N–H and O–H groups in total. The molecule has 0 heterocycles. The molecule has 1 aromatic rings. The van der Waals surface area contributed by atoms with Crippen molar-refractivity contribution in [2.45, 2.75) is 12.8 Å². The molecule has 0 fully saturated rings. The van der Waals surface area contributed by atoms with Crippen molar-refractivity contribution in [3.8, 4) is 5.75 Å². The van der Waals surface area contributed by atoms with Gasteiger partial charge in [0.15, 0.2) is 0 Å². The summed E-state index contributed by atoms with van der Waals surface area (Å²) in [5.74, 6) is 0.948. The van der Waals surface area contributed by atoms with Gasteiger partial charge in [-0.15, -0.1) is 0 Å². The van der Waals surface area contributed by atoms with Crippen molar-refractivity contribution in [3.05, 3.63) is 29.3 Å². The smallest absolute Gasteiger partial charge is 0.125 e. The Morgan fingerprint density at radius 2 is 1.57 bits per heavy atom. The first-order valence-electron chi connectivity index (χ1n) is 4.88. The Morgan fingerprint density at radius 3 is 1.93 bits per heavy atom. The number of benzene rings is 1. The second-order valence-corrected chi connectivity index (χ2v) is 3.19. The van der Waals surface area contributed by atoms with Crippen LogP contribution in [0.3, 0.4) is 0 Å². The molecule has 0 bridgehead atoms. The summed E-state index contributed by atoms with van der Waals surface area (Å²) in [5, 5.41) is 0. The molecule has 1 rings (SSSR count). The third-order valence-electron chi connectivity index (χ3n) is 2.21. The lowest BCUT2D eigenvalue weighted by atomic mass is 10.0. The Hall–Kier alpha value is -1.06. The zero-order chi connectivity index (χ0) is 10.4. The first-order valence-corrected chi connectivity index (χ1v) is 4.88. The molecule has 0 amide bonds. The fraction of sp³-hybridized carbons (Fsp3) is 0.455. The second-order valence-electron chi connectivity index (χ2n) is 3.19. The lowest BCUT2D eigenvalue weighted by molar-refractivity contribution is 0.404. The highest BCUT2D eigenvalue weighted by Gasteiger charge is 2.06. The van der Waals surface area contributed by atoms with E-state index in [0.717, 1.165) is 18.6 Å². The van der Waals surface area contributed by atoms with Crippen molar-refractivity contribution in [2.75, 3.05) is 20.2 Å². The lowest BCUT2D eigenvalue weighted by Gasteiger charge is -2.12. The molecule has 3 heteroatoms. The third kappa shape index (κ3) is 2.47. The van der Waals surface area contributed by atoms with Crippen LogP contribution in [0.2, 0.25) is 0 Å². The van der Waals surface area contributed by atoms with Gasteiger partial charge in [0, 0.05) is 0 Å². The predicted molar refractivity (Wildman–Crippen MR) is 58.5 cm³/mol. The normalized spacial score (nSPS) is 10.2. The van der Waals surface area contributed by atoms with E-state index < -0.39 is 0 Å². The minimum absolute atomic E-state index is 0.641. The molecule has 0 saturated carbocycles. The Kier molecular flexibility index (Phi) is 4.43. The van der Waals surface area contributed by atoms with Crippen LogP contribution in [0.1, 0.15) is 11.1 Å². The summed E-state index contributed by atoms with van der Waals surface area (Å²) in [6.45, 7) is 1.28. The van der Waals surface area contributed by atoms with E-state index in [2.05, 4.69) is 0 Å². The maximum atomic E-state index is 5.53. The van der Waals surface area contributed by atoms with Gasteiger partial charge in [0.05, 0.1) is 7.11 Å².